The lowest BCUT2D eigenvalue weighted by molar-refractivity contribution is -0.114. The highest BCUT2D eigenvalue weighted by Gasteiger charge is 2.30. The van der Waals surface area contributed by atoms with E-state index in [0.29, 0.717) is 21.5 Å². The number of rotatable bonds is 3. The number of nitrogens with one attached hydrogen (secondary N) is 1. The van der Waals surface area contributed by atoms with Gasteiger partial charge in [-0.05, 0) is 47.4 Å². The highest BCUT2D eigenvalue weighted by Crippen LogP contribution is 2.28. The molecular weight excluding hydrogens is 433 g/mol. The van der Waals surface area contributed by atoms with E-state index in [-0.39, 0.29) is 22.0 Å². The fraction of sp³-hybridized carbons (Fsp3) is 0. The fourth-order valence-corrected chi connectivity index (χ4v) is 3.84. The normalized spacial score (nSPS) is 16.8. The summed E-state index contributed by atoms with van der Waals surface area (Å²) in [6.45, 7) is 0. The standard InChI is InChI=1S/C20H11Cl2N3O3S/c21-12-3-6-14(16(22)10-12)19(27)28-13-4-1-11(2-5-13)9-15-17(23)25-7-8-29-20(25)24-18(15)26/h1-10,23H. The van der Waals surface area contributed by atoms with Crippen LogP contribution < -0.4 is 4.74 Å². The van der Waals surface area contributed by atoms with Crippen LogP contribution in [0.2, 0.25) is 10.0 Å². The van der Waals surface area contributed by atoms with Gasteiger partial charge in [-0.2, -0.15) is 4.99 Å². The van der Waals surface area contributed by atoms with Gasteiger partial charge < -0.3 is 4.74 Å². The second kappa shape index (κ2) is 7.87. The van der Waals surface area contributed by atoms with Gasteiger partial charge in [-0.1, -0.05) is 47.1 Å². The highest BCUT2D eigenvalue weighted by atomic mass is 35.5. The Bertz CT molecular complexity index is 1140. The molecule has 0 fully saturated rings. The van der Waals surface area contributed by atoms with Gasteiger partial charge in [0.05, 0.1) is 16.2 Å². The summed E-state index contributed by atoms with van der Waals surface area (Å²) >= 11 is 13.1. The number of ether oxygens (including phenoxy) is 1. The SMILES string of the molecule is N=C1C(=Cc2ccc(OC(=O)c3ccc(Cl)cc3Cl)cc2)C(=O)N=C2SC=CN12. The number of esters is 1. The van der Waals surface area contributed by atoms with Crippen molar-refractivity contribution in [3.63, 3.8) is 0 Å². The van der Waals surface area contributed by atoms with Gasteiger partial charge in [0.1, 0.15) is 11.6 Å². The Hall–Kier alpha value is -2.87. The summed E-state index contributed by atoms with van der Waals surface area (Å²) in [6, 6.07) is 11.0. The molecule has 4 rings (SSSR count). The molecule has 2 aromatic rings. The van der Waals surface area contributed by atoms with Crippen LogP contribution in [0, 0.1) is 5.41 Å². The first-order valence-electron chi connectivity index (χ1n) is 8.26. The highest BCUT2D eigenvalue weighted by molar-refractivity contribution is 8.16. The summed E-state index contributed by atoms with van der Waals surface area (Å²) in [6.07, 6.45) is 3.26. The second-order valence-corrected chi connectivity index (χ2v) is 7.68. The lowest BCUT2D eigenvalue weighted by atomic mass is 10.1. The number of amidine groups is 2. The lowest BCUT2D eigenvalue weighted by Gasteiger charge is -2.22. The zero-order valence-electron chi connectivity index (χ0n) is 14.6. The van der Waals surface area contributed by atoms with Crippen molar-refractivity contribution in [3.05, 3.63) is 80.8 Å². The Labute approximate surface area is 180 Å². The zero-order chi connectivity index (χ0) is 20.5. The van der Waals surface area contributed by atoms with Crippen LogP contribution in [0.25, 0.3) is 6.08 Å². The Kier molecular flexibility index (Phi) is 5.27. The molecule has 1 N–H and O–H groups in total. The average Bonchev–Trinajstić information content (AvgIpc) is 3.15. The number of fused-ring (bicyclic) bond motifs is 1. The Balaban J connectivity index is 1.52. The molecule has 0 unspecified atom stereocenters. The summed E-state index contributed by atoms with van der Waals surface area (Å²) in [7, 11) is 0. The third-order valence-electron chi connectivity index (χ3n) is 4.07. The quantitative estimate of drug-likeness (QED) is 0.410. The van der Waals surface area contributed by atoms with E-state index in [2.05, 4.69) is 4.99 Å². The number of halogens is 2. The predicted molar refractivity (Wildman–Crippen MR) is 115 cm³/mol. The number of hydrogen-bond donors (Lipinski definition) is 1. The summed E-state index contributed by atoms with van der Waals surface area (Å²) in [5.41, 5.74) is 1.05. The van der Waals surface area contributed by atoms with Gasteiger partial charge in [-0.25, -0.2) is 4.79 Å². The number of benzene rings is 2. The first-order valence-corrected chi connectivity index (χ1v) is 9.89. The minimum Gasteiger partial charge on any atom is -0.423 e. The van der Waals surface area contributed by atoms with Crippen LogP contribution in [0.1, 0.15) is 15.9 Å². The maximum atomic E-state index is 12.3. The van der Waals surface area contributed by atoms with Crippen molar-refractivity contribution in [2.75, 3.05) is 0 Å². The molecule has 0 aromatic heterocycles. The predicted octanol–water partition coefficient (Wildman–Crippen LogP) is 4.99. The van der Waals surface area contributed by atoms with Crippen LogP contribution in [0.4, 0.5) is 0 Å². The average molecular weight is 444 g/mol. The molecule has 6 nitrogen and oxygen atoms in total. The van der Waals surface area contributed by atoms with Crippen molar-refractivity contribution < 1.29 is 14.3 Å². The molecule has 0 bridgehead atoms. The molecule has 0 saturated heterocycles. The van der Waals surface area contributed by atoms with Crippen LogP contribution in [-0.2, 0) is 4.79 Å². The molecule has 29 heavy (non-hydrogen) atoms. The maximum Gasteiger partial charge on any atom is 0.345 e. The monoisotopic (exact) mass is 443 g/mol. The van der Waals surface area contributed by atoms with E-state index < -0.39 is 11.9 Å². The maximum absolute atomic E-state index is 12.3. The molecule has 9 heteroatoms. The molecule has 0 atom stereocenters. The number of aliphatic imine (C=N–C) groups is 1. The van der Waals surface area contributed by atoms with Crippen LogP contribution >= 0.6 is 35.0 Å². The molecule has 144 valence electrons. The number of nitrogens with zero attached hydrogens (tertiary/aromatic N) is 2. The van der Waals surface area contributed by atoms with Gasteiger partial charge in [0.25, 0.3) is 5.91 Å². The van der Waals surface area contributed by atoms with E-state index in [9.17, 15) is 9.59 Å². The summed E-state index contributed by atoms with van der Waals surface area (Å²) in [5.74, 6) is -0.700. The summed E-state index contributed by atoms with van der Waals surface area (Å²) in [5, 5.41) is 11.1. The van der Waals surface area contributed by atoms with Gasteiger partial charge in [0, 0.05) is 11.2 Å². The van der Waals surface area contributed by atoms with E-state index in [0.717, 1.165) is 0 Å². The van der Waals surface area contributed by atoms with E-state index >= 15 is 0 Å². The Morgan fingerprint density at radius 1 is 1.17 bits per heavy atom. The molecule has 2 aliphatic heterocycles. The first kappa shape index (κ1) is 19.4. The topological polar surface area (TPSA) is 82.8 Å². The number of amides is 1. The molecule has 1 amide bonds. The minimum atomic E-state index is -0.609. The Morgan fingerprint density at radius 2 is 1.93 bits per heavy atom. The molecule has 2 aromatic carbocycles. The van der Waals surface area contributed by atoms with E-state index in [1.54, 1.807) is 52.9 Å². The second-order valence-electron chi connectivity index (χ2n) is 5.96. The van der Waals surface area contributed by atoms with E-state index in [1.165, 1.54) is 23.9 Å². The van der Waals surface area contributed by atoms with Crippen molar-refractivity contribution in [2.45, 2.75) is 0 Å². The fourth-order valence-electron chi connectivity index (χ4n) is 2.65. The molecule has 0 aliphatic carbocycles. The number of carbonyl (C=O) groups excluding carboxylic acids is 2. The Morgan fingerprint density at radius 3 is 2.66 bits per heavy atom. The third-order valence-corrected chi connectivity index (χ3v) is 5.37. The van der Waals surface area contributed by atoms with Crippen molar-refractivity contribution in [2.24, 2.45) is 4.99 Å². The molecular formula is C20H11Cl2N3O3S. The number of carbonyl (C=O) groups is 2. The van der Waals surface area contributed by atoms with Gasteiger partial charge in [0.2, 0.25) is 0 Å². The summed E-state index contributed by atoms with van der Waals surface area (Å²) < 4.78 is 5.33. The molecule has 2 heterocycles. The molecule has 0 saturated carbocycles. The molecule has 2 aliphatic rings. The lowest BCUT2D eigenvalue weighted by Crippen LogP contribution is -2.35. The van der Waals surface area contributed by atoms with Gasteiger partial charge >= 0.3 is 5.97 Å². The van der Waals surface area contributed by atoms with Crippen LogP contribution in [0.15, 0.2) is 64.6 Å². The van der Waals surface area contributed by atoms with Crippen LogP contribution in [-0.4, -0.2) is 27.8 Å². The smallest absolute Gasteiger partial charge is 0.345 e. The zero-order valence-corrected chi connectivity index (χ0v) is 16.9. The van der Waals surface area contributed by atoms with Crippen LogP contribution in [0.5, 0.6) is 5.75 Å². The first-order chi connectivity index (χ1) is 13.9. The minimum absolute atomic E-state index is 0.0640. The van der Waals surface area contributed by atoms with Crippen molar-refractivity contribution >= 4 is 63.9 Å². The third kappa shape index (κ3) is 3.98. The van der Waals surface area contributed by atoms with Gasteiger partial charge in [-0.3, -0.25) is 15.1 Å². The largest absolute Gasteiger partial charge is 0.423 e. The summed E-state index contributed by atoms with van der Waals surface area (Å²) in [4.78, 5) is 30.0. The van der Waals surface area contributed by atoms with Crippen LogP contribution in [0.3, 0.4) is 0 Å². The van der Waals surface area contributed by atoms with Gasteiger partial charge in [0.15, 0.2) is 5.17 Å². The van der Waals surface area contributed by atoms with Crippen molar-refractivity contribution in [1.29, 1.82) is 5.41 Å². The number of hydrogen-bond acceptors (Lipinski definition) is 5. The van der Waals surface area contributed by atoms with E-state index in [1.807, 2.05) is 0 Å². The van der Waals surface area contributed by atoms with Crippen molar-refractivity contribution in [3.8, 4) is 5.75 Å². The van der Waals surface area contributed by atoms with E-state index in [4.69, 9.17) is 33.3 Å². The van der Waals surface area contributed by atoms with Gasteiger partial charge in [-0.15, -0.1) is 0 Å². The number of thioether (sulfide) groups is 1. The molecule has 0 radical (unpaired) electrons. The van der Waals surface area contributed by atoms with Crippen molar-refractivity contribution in [1.82, 2.24) is 4.90 Å². The molecule has 0 spiro atoms.